The van der Waals surface area contributed by atoms with Crippen LogP contribution < -0.4 is 14.4 Å². The number of sulfonamides is 1. The van der Waals surface area contributed by atoms with Crippen molar-refractivity contribution in [3.63, 3.8) is 0 Å². The minimum absolute atomic E-state index is 0.128. The Morgan fingerprint density at radius 1 is 1.00 bits per heavy atom. The Balaban J connectivity index is 1.68. The number of hydrogen-bond acceptors (Lipinski definition) is 5. The molecule has 1 amide bonds. The lowest BCUT2D eigenvalue weighted by Gasteiger charge is -2.24. The molecule has 0 aliphatic heterocycles. The van der Waals surface area contributed by atoms with E-state index in [1.807, 2.05) is 37.3 Å². The number of amides is 1. The van der Waals surface area contributed by atoms with Gasteiger partial charge in [-0.3, -0.25) is 9.10 Å². The first kappa shape index (κ1) is 24.7. The van der Waals surface area contributed by atoms with Gasteiger partial charge in [0, 0.05) is 17.5 Å². The third-order valence-electron chi connectivity index (χ3n) is 4.89. The number of aryl methyl sites for hydroxylation is 1. The zero-order valence-electron chi connectivity index (χ0n) is 18.7. The smallest absolute Gasteiger partial charge is 0.264 e. The van der Waals surface area contributed by atoms with E-state index >= 15 is 0 Å². The Morgan fingerprint density at radius 3 is 2.42 bits per heavy atom. The lowest BCUT2D eigenvalue weighted by atomic mass is 10.2. The van der Waals surface area contributed by atoms with E-state index in [4.69, 9.17) is 4.74 Å². The molecule has 0 aliphatic carbocycles. The number of methoxy groups -OCH3 is 1. The number of rotatable bonds is 11. The number of carbonyl (C=O) groups is 1. The van der Waals surface area contributed by atoms with E-state index in [0.29, 0.717) is 18.0 Å². The van der Waals surface area contributed by atoms with E-state index in [1.165, 1.54) is 12.0 Å². The van der Waals surface area contributed by atoms with Crippen molar-refractivity contribution >= 4 is 33.4 Å². The molecule has 3 aromatic carbocycles. The van der Waals surface area contributed by atoms with E-state index < -0.39 is 10.0 Å². The predicted octanol–water partition coefficient (Wildman–Crippen LogP) is 4.50. The van der Waals surface area contributed by atoms with E-state index in [1.54, 1.807) is 60.3 Å². The Bertz CT molecular complexity index is 1150. The molecule has 3 aromatic rings. The number of ether oxygens (including phenoxy) is 1. The Hall–Kier alpha value is -2.97. The SMILES string of the molecule is COc1cccc(N(CC(=O)NCCCSc2ccccc2)S(=O)(=O)c2ccc(C)cc2)c1. The van der Waals surface area contributed by atoms with Crippen molar-refractivity contribution in [2.45, 2.75) is 23.1 Å². The largest absolute Gasteiger partial charge is 0.497 e. The average Bonchev–Trinajstić information content (AvgIpc) is 2.83. The lowest BCUT2D eigenvalue weighted by Crippen LogP contribution is -2.41. The van der Waals surface area contributed by atoms with Crippen LogP contribution in [0.25, 0.3) is 0 Å². The molecule has 0 heterocycles. The standard InChI is InChI=1S/C25H28N2O4S2/c1-20-12-14-24(15-13-20)33(29,30)27(21-8-6-9-22(18-21)31-2)19-25(28)26-16-7-17-32-23-10-4-3-5-11-23/h3-6,8-15,18H,7,16-17,19H2,1-2H3,(H,26,28). The van der Waals surface area contributed by atoms with Crippen LogP contribution >= 0.6 is 11.8 Å². The van der Waals surface area contributed by atoms with Gasteiger partial charge in [-0.15, -0.1) is 11.8 Å². The molecule has 0 aromatic heterocycles. The van der Waals surface area contributed by atoms with Gasteiger partial charge in [-0.25, -0.2) is 8.42 Å². The molecule has 0 atom stereocenters. The van der Waals surface area contributed by atoms with E-state index in [2.05, 4.69) is 5.32 Å². The predicted molar refractivity (Wildman–Crippen MR) is 133 cm³/mol. The average molecular weight is 485 g/mol. The van der Waals surface area contributed by atoms with Crippen LogP contribution in [0.4, 0.5) is 5.69 Å². The topological polar surface area (TPSA) is 75.7 Å². The Morgan fingerprint density at radius 2 is 1.73 bits per heavy atom. The summed E-state index contributed by atoms with van der Waals surface area (Å²) >= 11 is 1.72. The molecule has 0 saturated carbocycles. The summed E-state index contributed by atoms with van der Waals surface area (Å²) < 4.78 is 33.2. The van der Waals surface area contributed by atoms with Crippen LogP contribution in [0.15, 0.2) is 88.7 Å². The van der Waals surface area contributed by atoms with E-state index in [9.17, 15) is 13.2 Å². The van der Waals surface area contributed by atoms with Gasteiger partial charge in [0.2, 0.25) is 5.91 Å². The molecular formula is C25H28N2O4S2. The van der Waals surface area contributed by atoms with Crippen molar-refractivity contribution in [3.8, 4) is 5.75 Å². The molecule has 3 rings (SSSR count). The zero-order chi connectivity index (χ0) is 23.7. The fourth-order valence-corrected chi connectivity index (χ4v) is 5.40. The van der Waals surface area contributed by atoms with Crippen molar-refractivity contribution in [1.82, 2.24) is 5.32 Å². The summed E-state index contributed by atoms with van der Waals surface area (Å²) in [6.45, 7) is 2.03. The molecule has 0 unspecified atom stereocenters. The summed E-state index contributed by atoms with van der Waals surface area (Å²) in [5.41, 5.74) is 1.32. The first-order valence-electron chi connectivity index (χ1n) is 10.6. The summed E-state index contributed by atoms with van der Waals surface area (Å²) in [5, 5.41) is 2.84. The number of nitrogens with one attached hydrogen (secondary N) is 1. The highest BCUT2D eigenvalue weighted by atomic mass is 32.2. The van der Waals surface area contributed by atoms with Crippen molar-refractivity contribution in [3.05, 3.63) is 84.4 Å². The number of nitrogens with zero attached hydrogens (tertiary/aromatic N) is 1. The molecule has 0 bridgehead atoms. The third-order valence-corrected chi connectivity index (χ3v) is 7.78. The first-order chi connectivity index (χ1) is 15.9. The first-order valence-corrected chi connectivity index (χ1v) is 13.0. The van der Waals surface area contributed by atoms with Gasteiger partial charge in [0.25, 0.3) is 10.0 Å². The maximum absolute atomic E-state index is 13.4. The normalized spacial score (nSPS) is 11.1. The molecule has 0 spiro atoms. The summed E-state index contributed by atoms with van der Waals surface area (Å²) in [4.78, 5) is 14.0. The van der Waals surface area contributed by atoms with Crippen molar-refractivity contribution in [2.75, 3.05) is 30.3 Å². The van der Waals surface area contributed by atoms with Crippen LogP contribution in [0.1, 0.15) is 12.0 Å². The molecule has 8 heteroatoms. The highest BCUT2D eigenvalue weighted by Gasteiger charge is 2.27. The number of thioether (sulfide) groups is 1. The molecule has 6 nitrogen and oxygen atoms in total. The summed E-state index contributed by atoms with van der Waals surface area (Å²) in [7, 11) is -2.44. The minimum atomic E-state index is -3.95. The maximum Gasteiger partial charge on any atom is 0.264 e. The fourth-order valence-electron chi connectivity index (χ4n) is 3.11. The molecule has 33 heavy (non-hydrogen) atoms. The second-order valence-electron chi connectivity index (χ2n) is 7.39. The molecule has 0 fully saturated rings. The second kappa shape index (κ2) is 11.8. The fraction of sp³-hybridized carbons (Fsp3) is 0.240. The van der Waals surface area contributed by atoms with Gasteiger partial charge in [0.15, 0.2) is 0 Å². The number of hydrogen-bond donors (Lipinski definition) is 1. The van der Waals surface area contributed by atoms with Crippen LogP contribution in [0.5, 0.6) is 5.75 Å². The van der Waals surface area contributed by atoms with E-state index in [0.717, 1.165) is 22.0 Å². The van der Waals surface area contributed by atoms with Gasteiger partial charge in [-0.2, -0.15) is 0 Å². The number of anilines is 1. The summed E-state index contributed by atoms with van der Waals surface area (Å²) in [6.07, 6.45) is 0.773. The summed E-state index contributed by atoms with van der Waals surface area (Å²) in [5.74, 6) is 0.999. The van der Waals surface area contributed by atoms with Gasteiger partial charge in [0.05, 0.1) is 17.7 Å². The van der Waals surface area contributed by atoms with Gasteiger partial charge >= 0.3 is 0 Å². The zero-order valence-corrected chi connectivity index (χ0v) is 20.4. The minimum Gasteiger partial charge on any atom is -0.497 e. The van der Waals surface area contributed by atoms with Crippen LogP contribution in [0.2, 0.25) is 0 Å². The number of carbonyl (C=O) groups excluding carboxylic acids is 1. The van der Waals surface area contributed by atoms with Crippen molar-refractivity contribution in [1.29, 1.82) is 0 Å². The maximum atomic E-state index is 13.4. The molecule has 0 aliphatic rings. The molecule has 0 saturated heterocycles. The van der Waals surface area contributed by atoms with Gasteiger partial charge in [-0.1, -0.05) is 42.0 Å². The van der Waals surface area contributed by atoms with E-state index in [-0.39, 0.29) is 17.3 Å². The third kappa shape index (κ3) is 7.00. The summed E-state index contributed by atoms with van der Waals surface area (Å²) in [6, 6.07) is 23.3. The second-order valence-corrected chi connectivity index (χ2v) is 10.4. The lowest BCUT2D eigenvalue weighted by molar-refractivity contribution is -0.119. The van der Waals surface area contributed by atoms with Gasteiger partial charge in [-0.05, 0) is 55.5 Å². The van der Waals surface area contributed by atoms with Crippen LogP contribution in [0.3, 0.4) is 0 Å². The van der Waals surface area contributed by atoms with Crippen LogP contribution in [-0.4, -0.2) is 40.3 Å². The van der Waals surface area contributed by atoms with Gasteiger partial charge in [0.1, 0.15) is 12.3 Å². The molecular weight excluding hydrogens is 456 g/mol. The molecule has 1 N–H and O–H groups in total. The van der Waals surface area contributed by atoms with Crippen LogP contribution in [0, 0.1) is 6.92 Å². The highest BCUT2D eigenvalue weighted by Crippen LogP contribution is 2.27. The molecule has 0 radical (unpaired) electrons. The van der Waals surface area contributed by atoms with Crippen LogP contribution in [-0.2, 0) is 14.8 Å². The number of benzene rings is 3. The molecule has 174 valence electrons. The van der Waals surface area contributed by atoms with Crippen molar-refractivity contribution < 1.29 is 17.9 Å². The highest BCUT2D eigenvalue weighted by molar-refractivity contribution is 7.99. The Kier molecular flexibility index (Phi) is 8.79. The monoisotopic (exact) mass is 484 g/mol. The Labute approximate surface area is 200 Å². The quantitative estimate of drug-likeness (QED) is 0.320. The van der Waals surface area contributed by atoms with Gasteiger partial charge < -0.3 is 10.1 Å². The van der Waals surface area contributed by atoms with Crippen molar-refractivity contribution in [2.24, 2.45) is 0 Å².